The van der Waals surface area contributed by atoms with Crippen molar-refractivity contribution in [1.29, 1.82) is 0 Å². The Morgan fingerprint density at radius 2 is 2.10 bits per heavy atom. The first-order valence-corrected chi connectivity index (χ1v) is 7.26. The molecular formula is C15H14N4S. The number of hydrogen-bond acceptors (Lipinski definition) is 5. The molecule has 0 atom stereocenters. The highest BCUT2D eigenvalue weighted by molar-refractivity contribution is 7.18. The summed E-state index contributed by atoms with van der Waals surface area (Å²) in [5, 5.41) is 5.26. The van der Waals surface area contributed by atoms with Crippen molar-refractivity contribution in [2.45, 2.75) is 13.3 Å². The Labute approximate surface area is 121 Å². The zero-order chi connectivity index (χ0) is 13.8. The molecule has 0 aliphatic heterocycles. The SMILES string of the molecule is CCc1cc2c(NN=Cc3ccccc3)ncnc2s1. The number of nitrogens with one attached hydrogen (secondary N) is 1. The zero-order valence-corrected chi connectivity index (χ0v) is 11.9. The molecule has 2 aromatic heterocycles. The predicted molar refractivity (Wildman–Crippen MR) is 84.5 cm³/mol. The third-order valence-corrected chi connectivity index (χ3v) is 4.10. The minimum absolute atomic E-state index is 0.748. The monoisotopic (exact) mass is 282 g/mol. The Bertz CT molecular complexity index is 734. The van der Waals surface area contributed by atoms with Crippen LogP contribution in [0.5, 0.6) is 0 Å². The molecule has 4 nitrogen and oxygen atoms in total. The summed E-state index contributed by atoms with van der Waals surface area (Å²) in [4.78, 5) is 10.8. The molecule has 0 saturated heterocycles. The molecule has 0 unspecified atom stereocenters. The number of hydrogen-bond donors (Lipinski definition) is 1. The van der Waals surface area contributed by atoms with Crippen molar-refractivity contribution in [3.8, 4) is 0 Å². The summed E-state index contributed by atoms with van der Waals surface area (Å²) in [7, 11) is 0. The van der Waals surface area contributed by atoms with Crippen LogP contribution in [0.2, 0.25) is 0 Å². The number of rotatable bonds is 4. The molecule has 2 heterocycles. The summed E-state index contributed by atoms with van der Waals surface area (Å²) in [6, 6.07) is 12.1. The van der Waals surface area contributed by atoms with E-state index in [1.165, 1.54) is 4.88 Å². The lowest BCUT2D eigenvalue weighted by Gasteiger charge is -1.99. The summed E-state index contributed by atoms with van der Waals surface area (Å²) < 4.78 is 0. The number of aromatic nitrogens is 2. The topological polar surface area (TPSA) is 50.2 Å². The molecule has 0 aliphatic carbocycles. The van der Waals surface area contributed by atoms with Crippen molar-refractivity contribution in [3.63, 3.8) is 0 Å². The van der Waals surface area contributed by atoms with Gasteiger partial charge in [0.05, 0.1) is 11.6 Å². The van der Waals surface area contributed by atoms with Crippen molar-refractivity contribution in [3.05, 3.63) is 53.2 Å². The molecule has 0 saturated carbocycles. The third-order valence-electron chi connectivity index (χ3n) is 2.91. The van der Waals surface area contributed by atoms with Gasteiger partial charge in [-0.1, -0.05) is 37.3 Å². The van der Waals surface area contributed by atoms with Crippen molar-refractivity contribution in [1.82, 2.24) is 9.97 Å². The lowest BCUT2D eigenvalue weighted by atomic mass is 10.2. The molecular weight excluding hydrogens is 268 g/mol. The number of thiophene rings is 1. The highest BCUT2D eigenvalue weighted by atomic mass is 32.1. The Balaban J connectivity index is 1.84. The summed E-state index contributed by atoms with van der Waals surface area (Å²) in [6.45, 7) is 2.14. The van der Waals surface area contributed by atoms with E-state index in [2.05, 4.69) is 33.5 Å². The second kappa shape index (κ2) is 5.79. The fourth-order valence-electron chi connectivity index (χ4n) is 1.88. The van der Waals surface area contributed by atoms with Gasteiger partial charge in [-0.05, 0) is 18.1 Å². The minimum Gasteiger partial charge on any atom is -0.261 e. The molecule has 0 spiro atoms. The Kier molecular flexibility index (Phi) is 3.69. The van der Waals surface area contributed by atoms with Gasteiger partial charge in [0.15, 0.2) is 5.82 Å². The molecule has 3 rings (SSSR count). The second-order valence-electron chi connectivity index (χ2n) is 4.29. The average Bonchev–Trinajstić information content (AvgIpc) is 2.92. The molecule has 1 aromatic carbocycles. The lowest BCUT2D eigenvalue weighted by molar-refractivity contribution is 1.18. The van der Waals surface area contributed by atoms with E-state index in [1.54, 1.807) is 23.9 Å². The van der Waals surface area contributed by atoms with Crippen LogP contribution in [-0.4, -0.2) is 16.2 Å². The maximum Gasteiger partial charge on any atom is 0.158 e. The normalized spacial score (nSPS) is 11.2. The van der Waals surface area contributed by atoms with Gasteiger partial charge in [0.2, 0.25) is 0 Å². The molecule has 0 fully saturated rings. The molecule has 100 valence electrons. The number of hydrazone groups is 1. The second-order valence-corrected chi connectivity index (χ2v) is 5.40. The average molecular weight is 282 g/mol. The fourth-order valence-corrected chi connectivity index (χ4v) is 2.81. The number of aryl methyl sites for hydroxylation is 1. The van der Waals surface area contributed by atoms with Crippen LogP contribution in [-0.2, 0) is 6.42 Å². The van der Waals surface area contributed by atoms with Crippen LogP contribution in [0.1, 0.15) is 17.4 Å². The van der Waals surface area contributed by atoms with E-state index in [9.17, 15) is 0 Å². The van der Waals surface area contributed by atoms with Crippen LogP contribution in [0.15, 0.2) is 47.8 Å². The van der Waals surface area contributed by atoms with Crippen molar-refractivity contribution in [2.75, 3.05) is 5.43 Å². The van der Waals surface area contributed by atoms with Crippen molar-refractivity contribution >= 4 is 33.6 Å². The zero-order valence-electron chi connectivity index (χ0n) is 11.1. The molecule has 5 heteroatoms. The van der Waals surface area contributed by atoms with E-state index in [4.69, 9.17) is 0 Å². The van der Waals surface area contributed by atoms with Gasteiger partial charge >= 0.3 is 0 Å². The third kappa shape index (κ3) is 2.67. The first-order chi connectivity index (χ1) is 9.86. The van der Waals surface area contributed by atoms with E-state index in [0.29, 0.717) is 0 Å². The maximum absolute atomic E-state index is 4.29. The van der Waals surface area contributed by atoms with Crippen molar-refractivity contribution in [2.24, 2.45) is 5.10 Å². The number of fused-ring (bicyclic) bond motifs is 1. The summed E-state index contributed by atoms with van der Waals surface area (Å²) in [5.41, 5.74) is 4.04. The largest absolute Gasteiger partial charge is 0.261 e. The standard InChI is InChI=1S/C15H14N4S/c1-2-12-8-13-14(16-10-17-15(13)20-12)19-18-9-11-6-4-3-5-7-11/h3-10H,2H2,1H3,(H,16,17,19). The Hall–Kier alpha value is -2.27. The number of anilines is 1. The smallest absolute Gasteiger partial charge is 0.158 e. The lowest BCUT2D eigenvalue weighted by Crippen LogP contribution is -1.94. The van der Waals surface area contributed by atoms with Crippen LogP contribution in [0.25, 0.3) is 10.2 Å². The van der Waals surface area contributed by atoms with Gasteiger partial charge < -0.3 is 0 Å². The molecule has 0 amide bonds. The Morgan fingerprint density at radius 3 is 2.90 bits per heavy atom. The van der Waals surface area contributed by atoms with Gasteiger partial charge in [-0.25, -0.2) is 9.97 Å². The first kappa shape index (κ1) is 12.7. The molecule has 0 radical (unpaired) electrons. The van der Waals surface area contributed by atoms with Gasteiger partial charge in [0.25, 0.3) is 0 Å². The van der Waals surface area contributed by atoms with E-state index in [0.717, 1.165) is 28.0 Å². The van der Waals surface area contributed by atoms with Crippen LogP contribution in [0, 0.1) is 0 Å². The van der Waals surface area contributed by atoms with Crippen LogP contribution >= 0.6 is 11.3 Å². The fraction of sp³-hybridized carbons (Fsp3) is 0.133. The number of benzene rings is 1. The van der Waals surface area contributed by atoms with E-state index < -0.39 is 0 Å². The van der Waals surface area contributed by atoms with Gasteiger partial charge in [0.1, 0.15) is 11.2 Å². The van der Waals surface area contributed by atoms with Gasteiger partial charge in [-0.3, -0.25) is 5.43 Å². The molecule has 1 N–H and O–H groups in total. The molecule has 20 heavy (non-hydrogen) atoms. The van der Waals surface area contributed by atoms with E-state index in [1.807, 2.05) is 30.3 Å². The van der Waals surface area contributed by atoms with Crippen LogP contribution in [0.4, 0.5) is 5.82 Å². The van der Waals surface area contributed by atoms with Crippen LogP contribution < -0.4 is 5.43 Å². The maximum atomic E-state index is 4.29. The summed E-state index contributed by atoms with van der Waals surface area (Å²) >= 11 is 1.70. The summed E-state index contributed by atoms with van der Waals surface area (Å²) in [6.07, 6.45) is 4.35. The molecule has 3 aromatic rings. The van der Waals surface area contributed by atoms with Gasteiger partial charge in [-0.2, -0.15) is 5.10 Å². The van der Waals surface area contributed by atoms with Crippen molar-refractivity contribution < 1.29 is 0 Å². The minimum atomic E-state index is 0.748. The van der Waals surface area contributed by atoms with Gasteiger partial charge in [-0.15, -0.1) is 11.3 Å². The van der Waals surface area contributed by atoms with Gasteiger partial charge in [0, 0.05) is 4.88 Å². The summed E-state index contributed by atoms with van der Waals surface area (Å²) in [5.74, 6) is 0.748. The highest BCUT2D eigenvalue weighted by Gasteiger charge is 2.06. The number of nitrogens with zero attached hydrogens (tertiary/aromatic N) is 3. The van der Waals surface area contributed by atoms with E-state index in [-0.39, 0.29) is 0 Å². The predicted octanol–water partition coefficient (Wildman–Crippen LogP) is 3.70. The highest BCUT2D eigenvalue weighted by Crippen LogP contribution is 2.28. The first-order valence-electron chi connectivity index (χ1n) is 6.44. The molecule has 0 bridgehead atoms. The molecule has 0 aliphatic rings. The quantitative estimate of drug-likeness (QED) is 0.586. The van der Waals surface area contributed by atoms with E-state index >= 15 is 0 Å². The van der Waals surface area contributed by atoms with Crippen LogP contribution in [0.3, 0.4) is 0 Å². The Morgan fingerprint density at radius 1 is 1.25 bits per heavy atom.